The third kappa shape index (κ3) is 5.39. The summed E-state index contributed by atoms with van der Waals surface area (Å²) in [6.07, 6.45) is 2.06. The van der Waals surface area contributed by atoms with Gasteiger partial charge in [0.15, 0.2) is 0 Å². The number of sulfonamides is 1. The van der Waals surface area contributed by atoms with E-state index >= 15 is 0 Å². The molecular formula is C15H26N2O3S. The molecule has 0 unspecified atom stereocenters. The quantitative estimate of drug-likeness (QED) is 0.682. The summed E-state index contributed by atoms with van der Waals surface area (Å²) in [5, 5.41) is 0. The molecule has 0 fully saturated rings. The topological polar surface area (TPSA) is 81.4 Å². The van der Waals surface area contributed by atoms with Gasteiger partial charge in [0.1, 0.15) is 0 Å². The van der Waals surface area contributed by atoms with Crippen LogP contribution < -0.4 is 10.5 Å². The van der Waals surface area contributed by atoms with Gasteiger partial charge < -0.3 is 10.5 Å². The summed E-state index contributed by atoms with van der Waals surface area (Å²) in [7, 11) is -3.52. The Bertz CT molecular complexity index is 556. The Morgan fingerprint density at radius 2 is 1.95 bits per heavy atom. The number of aryl methyl sites for hydroxylation is 1. The SMILES string of the molecule is CCCCOCCNS(=O)(=O)c1cc(CN)cc(C)c1C. The van der Waals surface area contributed by atoms with Crippen molar-refractivity contribution in [1.29, 1.82) is 0 Å². The van der Waals surface area contributed by atoms with Crippen LogP contribution in [0.2, 0.25) is 0 Å². The van der Waals surface area contributed by atoms with Crippen LogP contribution >= 0.6 is 0 Å². The van der Waals surface area contributed by atoms with Crippen LogP contribution in [-0.2, 0) is 21.3 Å². The zero-order valence-corrected chi connectivity index (χ0v) is 13.9. The molecule has 5 nitrogen and oxygen atoms in total. The normalized spacial score (nSPS) is 11.8. The van der Waals surface area contributed by atoms with Crippen molar-refractivity contribution in [3.05, 3.63) is 28.8 Å². The van der Waals surface area contributed by atoms with Gasteiger partial charge in [0.25, 0.3) is 0 Å². The monoisotopic (exact) mass is 314 g/mol. The molecule has 0 saturated carbocycles. The Labute approximate surface area is 127 Å². The van der Waals surface area contributed by atoms with Crippen LogP contribution in [0, 0.1) is 13.8 Å². The van der Waals surface area contributed by atoms with E-state index in [2.05, 4.69) is 11.6 Å². The van der Waals surface area contributed by atoms with Gasteiger partial charge in [-0.2, -0.15) is 0 Å². The number of nitrogens with one attached hydrogen (secondary N) is 1. The lowest BCUT2D eigenvalue weighted by atomic mass is 10.1. The Kier molecular flexibility index (Phi) is 7.31. The van der Waals surface area contributed by atoms with Crippen LogP contribution in [0.1, 0.15) is 36.5 Å². The second-order valence-corrected chi connectivity index (χ2v) is 6.84. The second kappa shape index (κ2) is 8.48. The van der Waals surface area contributed by atoms with Crippen molar-refractivity contribution >= 4 is 10.0 Å². The fraction of sp³-hybridized carbons (Fsp3) is 0.600. The molecule has 0 aromatic heterocycles. The number of nitrogens with two attached hydrogens (primary N) is 1. The van der Waals surface area contributed by atoms with Gasteiger partial charge in [0.2, 0.25) is 10.0 Å². The van der Waals surface area contributed by atoms with Gasteiger partial charge in [-0.15, -0.1) is 0 Å². The number of benzene rings is 1. The van der Waals surface area contributed by atoms with Crippen molar-refractivity contribution in [2.75, 3.05) is 19.8 Å². The van der Waals surface area contributed by atoms with E-state index in [1.165, 1.54) is 0 Å². The van der Waals surface area contributed by atoms with E-state index in [4.69, 9.17) is 10.5 Å². The number of ether oxygens (including phenoxy) is 1. The molecular weight excluding hydrogens is 288 g/mol. The summed E-state index contributed by atoms with van der Waals surface area (Å²) >= 11 is 0. The Morgan fingerprint density at radius 3 is 2.57 bits per heavy atom. The van der Waals surface area contributed by atoms with Crippen molar-refractivity contribution < 1.29 is 13.2 Å². The van der Waals surface area contributed by atoms with Gasteiger partial charge in [0, 0.05) is 19.7 Å². The molecule has 3 N–H and O–H groups in total. The highest BCUT2D eigenvalue weighted by Crippen LogP contribution is 2.20. The molecule has 0 heterocycles. The van der Waals surface area contributed by atoms with Crippen LogP contribution in [-0.4, -0.2) is 28.2 Å². The average Bonchev–Trinajstić information content (AvgIpc) is 2.45. The van der Waals surface area contributed by atoms with Gasteiger partial charge in [-0.05, 0) is 43.0 Å². The first-order valence-corrected chi connectivity index (χ1v) is 8.78. The molecule has 6 heteroatoms. The summed E-state index contributed by atoms with van der Waals surface area (Å²) in [6.45, 7) is 7.43. The zero-order valence-electron chi connectivity index (χ0n) is 13.1. The van der Waals surface area contributed by atoms with Crippen molar-refractivity contribution in [1.82, 2.24) is 4.72 Å². The van der Waals surface area contributed by atoms with Gasteiger partial charge >= 0.3 is 0 Å². The van der Waals surface area contributed by atoms with Gasteiger partial charge in [-0.25, -0.2) is 13.1 Å². The predicted molar refractivity (Wildman–Crippen MR) is 84.7 cm³/mol. The first-order chi connectivity index (χ1) is 9.92. The fourth-order valence-electron chi connectivity index (χ4n) is 1.97. The van der Waals surface area contributed by atoms with Crippen molar-refractivity contribution in [2.24, 2.45) is 5.73 Å². The maximum Gasteiger partial charge on any atom is 0.240 e. The van der Waals surface area contributed by atoms with Gasteiger partial charge in [0.05, 0.1) is 11.5 Å². The van der Waals surface area contributed by atoms with Crippen LogP contribution in [0.3, 0.4) is 0 Å². The highest BCUT2D eigenvalue weighted by Gasteiger charge is 2.18. The molecule has 0 radical (unpaired) electrons. The predicted octanol–water partition coefficient (Wildman–Crippen LogP) is 1.86. The maximum absolute atomic E-state index is 12.4. The summed E-state index contributed by atoms with van der Waals surface area (Å²) in [5.41, 5.74) is 8.12. The molecule has 120 valence electrons. The van der Waals surface area contributed by atoms with Crippen LogP contribution in [0.4, 0.5) is 0 Å². The standard InChI is InChI=1S/C15H26N2O3S/c1-4-5-7-20-8-6-17-21(18,19)15-10-14(11-16)9-12(2)13(15)3/h9-10,17H,4-8,11,16H2,1-3H3. The summed E-state index contributed by atoms with van der Waals surface area (Å²) < 4.78 is 32.6. The van der Waals surface area contributed by atoms with Gasteiger partial charge in [-0.1, -0.05) is 19.4 Å². The third-order valence-electron chi connectivity index (χ3n) is 3.39. The lowest BCUT2D eigenvalue weighted by Crippen LogP contribution is -2.28. The zero-order chi connectivity index (χ0) is 15.9. The van der Waals surface area contributed by atoms with E-state index in [-0.39, 0.29) is 6.54 Å². The van der Waals surface area contributed by atoms with Crippen LogP contribution in [0.5, 0.6) is 0 Å². The molecule has 21 heavy (non-hydrogen) atoms. The molecule has 0 aliphatic rings. The molecule has 0 bridgehead atoms. The van der Waals surface area contributed by atoms with Gasteiger partial charge in [-0.3, -0.25) is 0 Å². The van der Waals surface area contributed by atoms with E-state index in [9.17, 15) is 8.42 Å². The summed E-state index contributed by atoms with van der Waals surface area (Å²) in [6, 6.07) is 3.56. The molecule has 0 spiro atoms. The maximum atomic E-state index is 12.4. The first-order valence-electron chi connectivity index (χ1n) is 7.30. The van der Waals surface area contributed by atoms with Crippen molar-refractivity contribution in [3.8, 4) is 0 Å². The number of hydrogen-bond acceptors (Lipinski definition) is 4. The largest absolute Gasteiger partial charge is 0.380 e. The Morgan fingerprint density at radius 1 is 1.24 bits per heavy atom. The van der Waals surface area contributed by atoms with E-state index in [1.54, 1.807) is 6.07 Å². The molecule has 1 aromatic rings. The van der Waals surface area contributed by atoms with Crippen molar-refractivity contribution in [3.63, 3.8) is 0 Å². The van der Waals surface area contributed by atoms with E-state index in [0.717, 1.165) is 29.5 Å². The number of unbranched alkanes of at least 4 members (excludes halogenated alkanes) is 1. The third-order valence-corrected chi connectivity index (χ3v) is 4.97. The summed E-state index contributed by atoms with van der Waals surface area (Å²) in [5.74, 6) is 0. The van der Waals surface area contributed by atoms with E-state index in [0.29, 0.717) is 24.7 Å². The minimum Gasteiger partial charge on any atom is -0.380 e. The first kappa shape index (κ1) is 18.1. The van der Waals surface area contributed by atoms with Crippen LogP contribution in [0.25, 0.3) is 0 Å². The molecule has 0 saturated heterocycles. The number of hydrogen-bond donors (Lipinski definition) is 2. The van der Waals surface area contributed by atoms with E-state index < -0.39 is 10.0 Å². The number of rotatable bonds is 9. The highest BCUT2D eigenvalue weighted by molar-refractivity contribution is 7.89. The molecule has 0 aliphatic carbocycles. The molecule has 0 atom stereocenters. The smallest absolute Gasteiger partial charge is 0.240 e. The molecule has 0 amide bonds. The minimum absolute atomic E-state index is 0.275. The minimum atomic E-state index is -3.52. The lowest BCUT2D eigenvalue weighted by molar-refractivity contribution is 0.136. The second-order valence-electron chi connectivity index (χ2n) is 5.10. The molecule has 1 aromatic carbocycles. The van der Waals surface area contributed by atoms with Crippen molar-refractivity contribution in [2.45, 2.75) is 45.1 Å². The van der Waals surface area contributed by atoms with E-state index in [1.807, 2.05) is 19.9 Å². The fourth-order valence-corrected chi connectivity index (χ4v) is 3.35. The Balaban J connectivity index is 2.72. The Hall–Kier alpha value is -0.950. The lowest BCUT2D eigenvalue weighted by Gasteiger charge is -2.13. The average molecular weight is 314 g/mol. The van der Waals surface area contributed by atoms with Crippen LogP contribution in [0.15, 0.2) is 17.0 Å². The molecule has 0 aliphatic heterocycles. The molecule has 1 rings (SSSR count). The highest BCUT2D eigenvalue weighted by atomic mass is 32.2. The summed E-state index contributed by atoms with van der Waals surface area (Å²) in [4.78, 5) is 0.302.